The van der Waals surface area contributed by atoms with Crippen LogP contribution in [0.1, 0.15) is 5.56 Å². The third kappa shape index (κ3) is 3.43. The first-order valence-corrected chi connectivity index (χ1v) is 6.64. The highest BCUT2D eigenvalue weighted by Gasteiger charge is 2.01. The molecule has 0 unspecified atom stereocenters. The van der Waals surface area contributed by atoms with Crippen molar-refractivity contribution in [3.05, 3.63) is 66.4 Å². The summed E-state index contributed by atoms with van der Waals surface area (Å²) in [7, 11) is 0. The molecule has 3 rings (SSSR count). The lowest BCUT2D eigenvalue weighted by molar-refractivity contribution is 0.475. The average Bonchev–Trinajstić information content (AvgIpc) is 2.56. The van der Waals surface area contributed by atoms with Crippen molar-refractivity contribution in [3.63, 3.8) is 0 Å². The summed E-state index contributed by atoms with van der Waals surface area (Å²) in [6.07, 6.45) is 3.16. The van der Waals surface area contributed by atoms with E-state index in [1.165, 1.54) is 0 Å². The minimum absolute atomic E-state index is 0.188. The maximum atomic E-state index is 9.38. The number of hydrogen-bond acceptors (Lipinski definition) is 6. The lowest BCUT2D eigenvalue weighted by Gasteiger charge is -2.02. The van der Waals surface area contributed by atoms with Gasteiger partial charge in [0.05, 0.1) is 18.1 Å². The fourth-order valence-corrected chi connectivity index (χ4v) is 1.87. The van der Waals surface area contributed by atoms with E-state index in [0.717, 1.165) is 11.1 Å². The van der Waals surface area contributed by atoms with Gasteiger partial charge in [0.25, 0.3) is 5.95 Å². The number of phenols is 1. The molecule has 0 spiro atoms. The maximum Gasteiger partial charge on any atom is 0.263 e. The highest BCUT2D eigenvalue weighted by atomic mass is 16.3. The fraction of sp³-hybridized carbons (Fsp3) is 0. The van der Waals surface area contributed by atoms with Gasteiger partial charge in [-0.05, 0) is 17.7 Å². The Balaban J connectivity index is 1.73. The third-order valence-corrected chi connectivity index (χ3v) is 2.88. The van der Waals surface area contributed by atoms with Gasteiger partial charge in [-0.2, -0.15) is 10.2 Å². The molecule has 0 amide bonds. The quantitative estimate of drug-likeness (QED) is 0.570. The van der Waals surface area contributed by atoms with Crippen molar-refractivity contribution >= 4 is 12.2 Å². The van der Waals surface area contributed by atoms with Gasteiger partial charge in [0.1, 0.15) is 5.75 Å². The molecule has 0 aliphatic carbocycles. The molecule has 0 fully saturated rings. The Morgan fingerprint density at radius 3 is 2.73 bits per heavy atom. The highest BCUT2D eigenvalue weighted by molar-refractivity contribution is 5.80. The number of phenolic OH excluding ortho intramolecular Hbond substituents is 1. The summed E-state index contributed by atoms with van der Waals surface area (Å²) in [6.45, 7) is 0. The number of aromatic nitrogens is 3. The Morgan fingerprint density at radius 2 is 1.91 bits per heavy atom. The lowest BCUT2D eigenvalue weighted by atomic mass is 10.2. The van der Waals surface area contributed by atoms with Crippen molar-refractivity contribution in [1.82, 2.24) is 15.2 Å². The van der Waals surface area contributed by atoms with Gasteiger partial charge in [0.2, 0.25) is 0 Å². The summed E-state index contributed by atoms with van der Waals surface area (Å²) in [6, 6.07) is 16.5. The number of nitrogens with one attached hydrogen (secondary N) is 1. The molecule has 0 atom stereocenters. The molecule has 0 radical (unpaired) electrons. The summed E-state index contributed by atoms with van der Waals surface area (Å²) in [5.74, 6) is 0.491. The molecular weight excluding hydrogens is 278 g/mol. The van der Waals surface area contributed by atoms with Gasteiger partial charge >= 0.3 is 0 Å². The van der Waals surface area contributed by atoms with E-state index in [1.807, 2.05) is 36.4 Å². The van der Waals surface area contributed by atoms with Crippen molar-refractivity contribution in [3.8, 4) is 17.0 Å². The monoisotopic (exact) mass is 291 g/mol. The number of benzene rings is 2. The normalized spacial score (nSPS) is 10.7. The molecule has 1 heterocycles. The van der Waals surface area contributed by atoms with E-state index in [0.29, 0.717) is 11.6 Å². The SMILES string of the molecule is Oc1cccc(C=NNc2nncc(-c3ccccc3)n2)c1. The van der Waals surface area contributed by atoms with Gasteiger partial charge in [-0.3, -0.25) is 0 Å². The molecule has 6 nitrogen and oxygen atoms in total. The highest BCUT2D eigenvalue weighted by Crippen LogP contribution is 2.15. The second-order valence-electron chi connectivity index (χ2n) is 4.50. The van der Waals surface area contributed by atoms with Crippen LogP contribution < -0.4 is 5.43 Å². The van der Waals surface area contributed by atoms with Crippen LogP contribution in [0.15, 0.2) is 65.9 Å². The molecule has 22 heavy (non-hydrogen) atoms. The Hall–Kier alpha value is -3.28. The van der Waals surface area contributed by atoms with Crippen molar-refractivity contribution in [2.45, 2.75) is 0 Å². The van der Waals surface area contributed by atoms with Crippen LogP contribution in [0.25, 0.3) is 11.3 Å². The first-order chi connectivity index (χ1) is 10.8. The summed E-state index contributed by atoms with van der Waals surface area (Å²) in [4.78, 5) is 4.34. The van der Waals surface area contributed by atoms with Crippen LogP contribution in [0.5, 0.6) is 5.75 Å². The van der Waals surface area contributed by atoms with Gasteiger partial charge in [0.15, 0.2) is 0 Å². The van der Waals surface area contributed by atoms with Gasteiger partial charge < -0.3 is 5.11 Å². The maximum absolute atomic E-state index is 9.38. The van der Waals surface area contributed by atoms with Gasteiger partial charge in [-0.25, -0.2) is 10.4 Å². The van der Waals surface area contributed by atoms with Crippen molar-refractivity contribution in [1.29, 1.82) is 0 Å². The summed E-state index contributed by atoms with van der Waals surface area (Å²) < 4.78 is 0. The Bertz CT molecular complexity index is 789. The summed E-state index contributed by atoms with van der Waals surface area (Å²) in [5, 5.41) is 21.2. The van der Waals surface area contributed by atoms with Gasteiger partial charge in [-0.1, -0.05) is 42.5 Å². The van der Waals surface area contributed by atoms with Crippen LogP contribution >= 0.6 is 0 Å². The first-order valence-electron chi connectivity index (χ1n) is 6.64. The molecule has 1 aromatic heterocycles. The minimum Gasteiger partial charge on any atom is -0.508 e. The van der Waals surface area contributed by atoms with Crippen molar-refractivity contribution < 1.29 is 5.11 Å². The number of anilines is 1. The molecule has 2 aromatic carbocycles. The zero-order valence-corrected chi connectivity index (χ0v) is 11.6. The van der Waals surface area contributed by atoms with E-state index in [-0.39, 0.29) is 5.75 Å². The number of nitrogens with zero attached hydrogens (tertiary/aromatic N) is 4. The summed E-state index contributed by atoms with van der Waals surface area (Å²) in [5.41, 5.74) is 5.16. The van der Waals surface area contributed by atoms with E-state index in [2.05, 4.69) is 25.7 Å². The smallest absolute Gasteiger partial charge is 0.263 e. The number of hydrogen-bond donors (Lipinski definition) is 2. The lowest BCUT2D eigenvalue weighted by Crippen LogP contribution is -1.99. The van der Waals surface area contributed by atoms with Gasteiger partial charge in [-0.15, -0.1) is 5.10 Å². The van der Waals surface area contributed by atoms with Crippen molar-refractivity contribution in [2.75, 3.05) is 5.43 Å². The zero-order chi connectivity index (χ0) is 15.2. The zero-order valence-electron chi connectivity index (χ0n) is 11.6. The molecule has 6 heteroatoms. The van der Waals surface area contributed by atoms with Gasteiger partial charge in [0, 0.05) is 5.56 Å². The van der Waals surface area contributed by atoms with E-state index < -0.39 is 0 Å². The van der Waals surface area contributed by atoms with Crippen LogP contribution in [0, 0.1) is 0 Å². The fourth-order valence-electron chi connectivity index (χ4n) is 1.87. The number of aromatic hydroxyl groups is 1. The van der Waals surface area contributed by atoms with E-state index in [4.69, 9.17) is 0 Å². The van der Waals surface area contributed by atoms with Crippen LogP contribution in [0.3, 0.4) is 0 Å². The predicted molar refractivity (Wildman–Crippen MR) is 84.6 cm³/mol. The third-order valence-electron chi connectivity index (χ3n) is 2.88. The minimum atomic E-state index is 0.188. The van der Waals surface area contributed by atoms with Crippen LogP contribution in [-0.4, -0.2) is 26.5 Å². The first kappa shape index (κ1) is 13.7. The molecule has 3 aromatic rings. The molecule has 108 valence electrons. The second kappa shape index (κ2) is 6.45. The summed E-state index contributed by atoms with van der Waals surface area (Å²) >= 11 is 0. The van der Waals surface area contributed by atoms with E-state index in [9.17, 15) is 5.11 Å². The Morgan fingerprint density at radius 1 is 1.05 bits per heavy atom. The molecule has 0 saturated carbocycles. The van der Waals surface area contributed by atoms with Crippen LogP contribution in [-0.2, 0) is 0 Å². The second-order valence-corrected chi connectivity index (χ2v) is 4.50. The van der Waals surface area contributed by atoms with E-state index >= 15 is 0 Å². The average molecular weight is 291 g/mol. The predicted octanol–water partition coefficient (Wildman–Crippen LogP) is 2.69. The van der Waals surface area contributed by atoms with Crippen LogP contribution in [0.4, 0.5) is 5.95 Å². The largest absolute Gasteiger partial charge is 0.508 e. The molecular formula is C16H13N5O. The Labute approximate surface area is 127 Å². The molecule has 0 bridgehead atoms. The van der Waals surface area contributed by atoms with Crippen molar-refractivity contribution in [2.24, 2.45) is 5.10 Å². The molecule has 0 saturated heterocycles. The Kier molecular flexibility index (Phi) is 4.01. The molecule has 2 N–H and O–H groups in total. The molecule has 0 aliphatic heterocycles. The standard InChI is InChI=1S/C16H13N5O/c22-14-8-4-5-12(9-14)10-17-20-16-19-15(11-18-21-16)13-6-2-1-3-7-13/h1-11,22H,(H,19,20,21). The van der Waals surface area contributed by atoms with E-state index in [1.54, 1.807) is 30.6 Å². The number of hydrazone groups is 1. The number of rotatable bonds is 4. The molecule has 0 aliphatic rings. The topological polar surface area (TPSA) is 83.3 Å². The van der Waals surface area contributed by atoms with Crippen LogP contribution in [0.2, 0.25) is 0 Å².